The highest BCUT2D eigenvalue weighted by Gasteiger charge is 1.99. The van der Waals surface area contributed by atoms with Gasteiger partial charge in [-0.15, -0.1) is 0 Å². The summed E-state index contributed by atoms with van der Waals surface area (Å²) in [6.07, 6.45) is 21.6. The zero-order chi connectivity index (χ0) is 14.2. The van der Waals surface area contributed by atoms with E-state index in [-0.39, 0.29) is 0 Å². The highest BCUT2D eigenvalue weighted by Crippen LogP contribution is 2.16. The molecule has 0 fully saturated rings. The lowest BCUT2D eigenvalue weighted by atomic mass is 10.0. The van der Waals surface area contributed by atoms with Crippen LogP contribution in [0.2, 0.25) is 0 Å². The van der Waals surface area contributed by atoms with Crippen molar-refractivity contribution in [3.05, 3.63) is 0 Å². The van der Waals surface area contributed by atoms with Gasteiger partial charge < -0.3 is 0 Å². The lowest BCUT2D eigenvalue weighted by molar-refractivity contribution is 0.533. The van der Waals surface area contributed by atoms with Crippen LogP contribution in [0.3, 0.4) is 0 Å². The van der Waals surface area contributed by atoms with Gasteiger partial charge in [0.25, 0.3) is 0 Å². The number of alkyl halides is 1. The molecule has 0 amide bonds. The molecule has 0 spiro atoms. The Hall–Kier alpha value is 0.480. The van der Waals surface area contributed by atoms with E-state index in [1.165, 1.54) is 96.3 Å². The molecule has 0 aliphatic heterocycles. The summed E-state index contributed by atoms with van der Waals surface area (Å²) in [6, 6.07) is 0. The molecule has 0 saturated carbocycles. The molecule has 1 unspecified atom stereocenters. The summed E-state index contributed by atoms with van der Waals surface area (Å²) >= 11 is 3.71. The molecular formula is C18H37Br. The highest BCUT2D eigenvalue weighted by atomic mass is 79.9. The second-order valence-electron chi connectivity index (χ2n) is 6.04. The Kier molecular flexibility index (Phi) is 17.0. The quantitative estimate of drug-likeness (QED) is 0.213. The first-order valence-corrected chi connectivity index (χ1v) is 9.86. The molecule has 0 aliphatic rings. The van der Waals surface area contributed by atoms with E-state index in [2.05, 4.69) is 29.8 Å². The van der Waals surface area contributed by atoms with Crippen LogP contribution >= 0.6 is 15.9 Å². The Morgan fingerprint density at radius 1 is 0.579 bits per heavy atom. The molecule has 0 aliphatic carbocycles. The lowest BCUT2D eigenvalue weighted by Gasteiger charge is -2.06. The number of unbranched alkanes of at least 4 members (excludes halogenated alkanes) is 12. The van der Waals surface area contributed by atoms with Gasteiger partial charge in [-0.05, 0) is 12.8 Å². The van der Waals surface area contributed by atoms with Crippen molar-refractivity contribution in [3.8, 4) is 0 Å². The van der Waals surface area contributed by atoms with Crippen LogP contribution in [-0.4, -0.2) is 4.83 Å². The van der Waals surface area contributed by atoms with E-state index in [4.69, 9.17) is 0 Å². The second-order valence-corrected chi connectivity index (χ2v) is 7.33. The summed E-state index contributed by atoms with van der Waals surface area (Å²) < 4.78 is 0. The normalized spacial score (nSPS) is 12.8. The fourth-order valence-corrected chi connectivity index (χ4v) is 2.91. The zero-order valence-electron chi connectivity index (χ0n) is 13.6. The van der Waals surface area contributed by atoms with Crippen molar-refractivity contribution in [1.29, 1.82) is 0 Å². The van der Waals surface area contributed by atoms with Crippen LogP contribution in [0.25, 0.3) is 0 Å². The van der Waals surface area contributed by atoms with Gasteiger partial charge in [-0.2, -0.15) is 0 Å². The van der Waals surface area contributed by atoms with Crippen molar-refractivity contribution < 1.29 is 0 Å². The van der Waals surface area contributed by atoms with Gasteiger partial charge in [-0.3, -0.25) is 0 Å². The molecule has 0 N–H and O–H groups in total. The first kappa shape index (κ1) is 19.5. The van der Waals surface area contributed by atoms with E-state index >= 15 is 0 Å². The minimum atomic E-state index is 0.764. The number of hydrogen-bond donors (Lipinski definition) is 0. The maximum Gasteiger partial charge on any atom is 0.0143 e. The maximum absolute atomic E-state index is 3.71. The van der Waals surface area contributed by atoms with Crippen LogP contribution in [0.5, 0.6) is 0 Å². The SMILES string of the molecule is CCCCCCCCCCCCCCCC(Br)CC. The minimum absolute atomic E-state index is 0.764. The van der Waals surface area contributed by atoms with Crippen LogP contribution in [0.4, 0.5) is 0 Å². The van der Waals surface area contributed by atoms with Gasteiger partial charge in [-0.25, -0.2) is 0 Å². The van der Waals surface area contributed by atoms with Gasteiger partial charge in [-0.1, -0.05) is 113 Å². The molecule has 0 saturated heterocycles. The minimum Gasteiger partial charge on any atom is -0.0891 e. The van der Waals surface area contributed by atoms with Crippen LogP contribution < -0.4 is 0 Å². The molecule has 0 aromatic heterocycles. The van der Waals surface area contributed by atoms with Crippen LogP contribution in [0.15, 0.2) is 0 Å². The monoisotopic (exact) mass is 332 g/mol. The molecule has 0 radical (unpaired) electrons. The van der Waals surface area contributed by atoms with Crippen LogP contribution in [0, 0.1) is 0 Å². The third-order valence-corrected chi connectivity index (χ3v) is 5.17. The Morgan fingerprint density at radius 2 is 0.947 bits per heavy atom. The fourth-order valence-electron chi connectivity index (χ4n) is 2.59. The van der Waals surface area contributed by atoms with Crippen molar-refractivity contribution in [3.63, 3.8) is 0 Å². The van der Waals surface area contributed by atoms with E-state index < -0.39 is 0 Å². The van der Waals surface area contributed by atoms with Crippen molar-refractivity contribution in [2.24, 2.45) is 0 Å². The summed E-state index contributed by atoms with van der Waals surface area (Å²) in [5, 5.41) is 0. The topological polar surface area (TPSA) is 0 Å². The highest BCUT2D eigenvalue weighted by molar-refractivity contribution is 9.09. The van der Waals surface area contributed by atoms with Crippen molar-refractivity contribution >= 4 is 15.9 Å². The fraction of sp³-hybridized carbons (Fsp3) is 1.00. The maximum atomic E-state index is 3.71. The zero-order valence-corrected chi connectivity index (χ0v) is 15.1. The molecule has 0 aromatic carbocycles. The molecular weight excluding hydrogens is 296 g/mol. The molecule has 1 atom stereocenters. The Labute approximate surface area is 131 Å². The molecule has 0 nitrogen and oxygen atoms in total. The Morgan fingerprint density at radius 3 is 1.32 bits per heavy atom. The summed E-state index contributed by atoms with van der Waals surface area (Å²) in [7, 11) is 0. The first-order chi connectivity index (χ1) is 9.31. The van der Waals surface area contributed by atoms with Gasteiger partial charge >= 0.3 is 0 Å². The van der Waals surface area contributed by atoms with E-state index in [1.54, 1.807) is 0 Å². The largest absolute Gasteiger partial charge is 0.0891 e. The van der Waals surface area contributed by atoms with Crippen molar-refractivity contribution in [1.82, 2.24) is 0 Å². The van der Waals surface area contributed by atoms with Gasteiger partial charge in [0.1, 0.15) is 0 Å². The van der Waals surface area contributed by atoms with E-state index in [0.717, 1.165) is 4.83 Å². The number of rotatable bonds is 15. The summed E-state index contributed by atoms with van der Waals surface area (Å²) in [6.45, 7) is 4.56. The average Bonchev–Trinajstić information content (AvgIpc) is 2.43. The third kappa shape index (κ3) is 16.4. The van der Waals surface area contributed by atoms with E-state index in [0.29, 0.717) is 0 Å². The molecule has 0 heterocycles. The standard InChI is InChI=1S/C18H37Br/c1-3-5-6-7-8-9-10-11-12-13-14-15-16-17-18(19)4-2/h18H,3-17H2,1-2H3. The molecule has 0 rings (SSSR count). The van der Waals surface area contributed by atoms with E-state index in [9.17, 15) is 0 Å². The van der Waals surface area contributed by atoms with E-state index in [1.807, 2.05) is 0 Å². The number of halogens is 1. The predicted octanol–water partition coefficient (Wildman–Crippen LogP) is 7.64. The van der Waals surface area contributed by atoms with Gasteiger partial charge in [0.05, 0.1) is 0 Å². The van der Waals surface area contributed by atoms with Crippen molar-refractivity contribution in [2.75, 3.05) is 0 Å². The Bertz CT molecular complexity index is 156. The average molecular weight is 333 g/mol. The molecule has 19 heavy (non-hydrogen) atoms. The lowest BCUT2D eigenvalue weighted by Crippen LogP contribution is -1.94. The second kappa shape index (κ2) is 16.5. The smallest absolute Gasteiger partial charge is 0.0143 e. The van der Waals surface area contributed by atoms with Crippen molar-refractivity contribution in [2.45, 2.75) is 115 Å². The first-order valence-electron chi connectivity index (χ1n) is 8.95. The summed E-state index contributed by atoms with van der Waals surface area (Å²) in [5.41, 5.74) is 0. The number of hydrogen-bond acceptors (Lipinski definition) is 0. The third-order valence-electron chi connectivity index (χ3n) is 4.06. The van der Waals surface area contributed by atoms with Crippen LogP contribution in [0.1, 0.15) is 110 Å². The van der Waals surface area contributed by atoms with Gasteiger partial charge in [0, 0.05) is 4.83 Å². The molecule has 116 valence electrons. The Balaban J connectivity index is 2.95. The predicted molar refractivity (Wildman–Crippen MR) is 93.3 cm³/mol. The molecule has 1 heteroatoms. The molecule has 0 bridgehead atoms. The summed E-state index contributed by atoms with van der Waals surface area (Å²) in [4.78, 5) is 0.764. The summed E-state index contributed by atoms with van der Waals surface area (Å²) in [5.74, 6) is 0. The van der Waals surface area contributed by atoms with Crippen LogP contribution in [-0.2, 0) is 0 Å². The van der Waals surface area contributed by atoms with Gasteiger partial charge in [0.2, 0.25) is 0 Å². The molecule has 0 aromatic rings. The van der Waals surface area contributed by atoms with Gasteiger partial charge in [0.15, 0.2) is 0 Å².